The molecule has 2 aliphatic heterocycles. The Kier molecular flexibility index (Phi) is 2.81. The lowest BCUT2D eigenvalue weighted by atomic mass is 9.92. The van der Waals surface area contributed by atoms with E-state index in [0.29, 0.717) is 11.7 Å². The van der Waals surface area contributed by atoms with Crippen LogP contribution in [0.3, 0.4) is 0 Å². The predicted molar refractivity (Wildman–Crippen MR) is 80.1 cm³/mol. The number of nitrogens with one attached hydrogen (secondary N) is 1. The van der Waals surface area contributed by atoms with Gasteiger partial charge in [0.15, 0.2) is 5.78 Å². The summed E-state index contributed by atoms with van der Waals surface area (Å²) in [6.07, 6.45) is 0. The van der Waals surface area contributed by atoms with Crippen LogP contribution in [0.2, 0.25) is 0 Å². The van der Waals surface area contributed by atoms with E-state index in [9.17, 15) is 4.79 Å². The van der Waals surface area contributed by atoms with Crippen LogP contribution in [-0.4, -0.2) is 37.5 Å². The molecule has 0 spiro atoms. The first kappa shape index (κ1) is 12.6. The van der Waals surface area contributed by atoms with Crippen molar-refractivity contribution in [3.05, 3.63) is 46.7 Å². The number of carbonyl (C=O) groups is 1. The zero-order chi connectivity index (χ0) is 14.4. The summed E-state index contributed by atoms with van der Waals surface area (Å²) in [7, 11) is 0. The number of anilines is 1. The number of ketones is 1. The molecule has 0 aliphatic carbocycles. The second-order valence-corrected chi connectivity index (χ2v) is 6.18. The number of aryl methyl sites for hydroxylation is 1. The van der Waals surface area contributed by atoms with Crippen LogP contribution in [0.5, 0.6) is 0 Å². The number of thioether (sulfide) groups is 1. The summed E-state index contributed by atoms with van der Waals surface area (Å²) in [4.78, 5) is 12.4. The summed E-state index contributed by atoms with van der Waals surface area (Å²) >= 11 is 1.62. The highest BCUT2D eigenvalue weighted by atomic mass is 32.2. The molecule has 0 bridgehead atoms. The van der Waals surface area contributed by atoms with Gasteiger partial charge >= 0.3 is 0 Å². The van der Waals surface area contributed by atoms with Gasteiger partial charge < -0.3 is 5.32 Å². The molecule has 2 aliphatic rings. The summed E-state index contributed by atoms with van der Waals surface area (Å²) in [5.41, 5.74) is 3.94. The first-order valence-electron chi connectivity index (χ1n) is 6.69. The highest BCUT2D eigenvalue weighted by Crippen LogP contribution is 2.38. The number of allylic oxidation sites excluding steroid dienone is 1. The molecule has 0 radical (unpaired) electrons. The van der Waals surface area contributed by atoms with Gasteiger partial charge in [0.25, 0.3) is 0 Å². The molecule has 6 nitrogen and oxygen atoms in total. The van der Waals surface area contributed by atoms with Crippen molar-refractivity contribution in [2.45, 2.75) is 13.0 Å². The van der Waals surface area contributed by atoms with Gasteiger partial charge in [-0.3, -0.25) is 4.79 Å². The molecule has 1 N–H and O–H groups in total. The highest BCUT2D eigenvalue weighted by molar-refractivity contribution is 8.00. The fourth-order valence-corrected chi connectivity index (χ4v) is 3.63. The Bertz CT molecular complexity index is 749. The van der Waals surface area contributed by atoms with Crippen molar-refractivity contribution < 1.29 is 4.79 Å². The molecule has 1 atom stereocenters. The van der Waals surface area contributed by atoms with Gasteiger partial charge in [-0.2, -0.15) is 4.68 Å². The molecular weight excluding hydrogens is 286 g/mol. The van der Waals surface area contributed by atoms with Crippen molar-refractivity contribution in [3.8, 4) is 0 Å². The predicted octanol–water partition coefficient (Wildman–Crippen LogP) is 1.57. The second-order valence-electron chi connectivity index (χ2n) is 5.19. The summed E-state index contributed by atoms with van der Waals surface area (Å²) in [5, 5.41) is 15.0. The largest absolute Gasteiger partial charge is 0.325 e. The normalized spacial score (nSPS) is 20.8. The Morgan fingerprint density at radius 2 is 2.10 bits per heavy atom. The van der Waals surface area contributed by atoms with Gasteiger partial charge in [-0.05, 0) is 22.9 Å². The van der Waals surface area contributed by atoms with Gasteiger partial charge in [0.2, 0.25) is 5.95 Å². The molecule has 7 heteroatoms. The number of tetrazole rings is 1. The fraction of sp³-hybridized carbons (Fsp3) is 0.286. The van der Waals surface area contributed by atoms with E-state index in [0.717, 1.165) is 22.6 Å². The van der Waals surface area contributed by atoms with Gasteiger partial charge in [0, 0.05) is 17.0 Å². The Morgan fingerprint density at radius 3 is 2.90 bits per heavy atom. The van der Waals surface area contributed by atoms with Gasteiger partial charge in [-0.25, -0.2) is 0 Å². The van der Waals surface area contributed by atoms with E-state index in [2.05, 4.69) is 20.8 Å². The topological polar surface area (TPSA) is 72.7 Å². The Hall–Kier alpha value is -2.15. The molecular formula is C14H13N5OS. The zero-order valence-corrected chi connectivity index (χ0v) is 12.2. The number of Topliss-reactive ketones (excluding diaryl/α,β-unsaturated/α-hetero) is 1. The smallest absolute Gasteiger partial charge is 0.248 e. The Labute approximate surface area is 125 Å². The van der Waals surface area contributed by atoms with E-state index in [1.807, 2.05) is 31.2 Å². The summed E-state index contributed by atoms with van der Waals surface area (Å²) in [6.45, 7) is 2.04. The van der Waals surface area contributed by atoms with E-state index in [1.165, 1.54) is 5.56 Å². The molecule has 0 amide bonds. The quantitative estimate of drug-likeness (QED) is 0.861. The molecule has 2 aromatic rings. The van der Waals surface area contributed by atoms with Crippen molar-refractivity contribution in [2.24, 2.45) is 0 Å². The molecule has 1 unspecified atom stereocenters. The highest BCUT2D eigenvalue weighted by Gasteiger charge is 2.36. The van der Waals surface area contributed by atoms with Crippen LogP contribution in [0.4, 0.5) is 5.95 Å². The van der Waals surface area contributed by atoms with E-state index in [1.54, 1.807) is 16.4 Å². The summed E-state index contributed by atoms with van der Waals surface area (Å²) in [5.74, 6) is 2.05. The molecule has 106 valence electrons. The van der Waals surface area contributed by atoms with E-state index in [-0.39, 0.29) is 11.8 Å². The van der Waals surface area contributed by atoms with E-state index in [4.69, 9.17) is 0 Å². The van der Waals surface area contributed by atoms with Crippen LogP contribution in [-0.2, 0) is 4.79 Å². The number of hydrogen-bond acceptors (Lipinski definition) is 6. The number of aromatic nitrogens is 4. The van der Waals surface area contributed by atoms with Crippen LogP contribution in [0.1, 0.15) is 17.2 Å². The average Bonchev–Trinajstić information content (AvgIpc) is 2.94. The average molecular weight is 299 g/mol. The SMILES string of the molecule is Cc1ccc(C2C3=C(CSCC3=O)Nc3nnnn32)cc1. The molecule has 0 saturated carbocycles. The zero-order valence-electron chi connectivity index (χ0n) is 11.4. The summed E-state index contributed by atoms with van der Waals surface area (Å²) in [6, 6.07) is 7.93. The fourth-order valence-electron chi connectivity index (χ4n) is 2.75. The molecule has 0 saturated heterocycles. The van der Waals surface area contributed by atoms with Gasteiger partial charge in [0.05, 0.1) is 5.75 Å². The van der Waals surface area contributed by atoms with Crippen LogP contribution >= 0.6 is 11.8 Å². The van der Waals surface area contributed by atoms with Crippen molar-refractivity contribution in [3.63, 3.8) is 0 Å². The maximum atomic E-state index is 12.4. The van der Waals surface area contributed by atoms with Gasteiger partial charge in [-0.1, -0.05) is 34.9 Å². The first-order chi connectivity index (χ1) is 10.2. The van der Waals surface area contributed by atoms with Crippen molar-refractivity contribution in [1.29, 1.82) is 0 Å². The standard InChI is InChI=1S/C14H13N5OS/c1-8-2-4-9(5-3-8)13-12-10(6-21-7-11(12)20)15-14-16-17-18-19(13)14/h2-5,13H,6-7H2,1H3,(H,15,16,18). The lowest BCUT2D eigenvalue weighted by Crippen LogP contribution is -2.33. The number of benzene rings is 1. The summed E-state index contributed by atoms with van der Waals surface area (Å²) < 4.78 is 1.69. The van der Waals surface area contributed by atoms with Gasteiger partial charge in [0.1, 0.15) is 6.04 Å². The Balaban J connectivity index is 1.91. The molecule has 21 heavy (non-hydrogen) atoms. The minimum absolute atomic E-state index is 0.153. The minimum atomic E-state index is -0.236. The molecule has 3 heterocycles. The second kappa shape index (κ2) is 4.70. The van der Waals surface area contributed by atoms with E-state index >= 15 is 0 Å². The van der Waals surface area contributed by atoms with Crippen molar-refractivity contribution in [2.75, 3.05) is 16.8 Å². The molecule has 4 rings (SSSR count). The maximum Gasteiger partial charge on any atom is 0.248 e. The number of nitrogens with zero attached hydrogens (tertiary/aromatic N) is 4. The third-order valence-electron chi connectivity index (χ3n) is 3.77. The lowest BCUT2D eigenvalue weighted by Gasteiger charge is -2.31. The van der Waals surface area contributed by atoms with Crippen molar-refractivity contribution in [1.82, 2.24) is 20.2 Å². The maximum absolute atomic E-state index is 12.4. The van der Waals surface area contributed by atoms with Crippen LogP contribution in [0.25, 0.3) is 0 Å². The van der Waals surface area contributed by atoms with Crippen molar-refractivity contribution >= 4 is 23.5 Å². The van der Waals surface area contributed by atoms with E-state index < -0.39 is 0 Å². The first-order valence-corrected chi connectivity index (χ1v) is 7.85. The van der Waals surface area contributed by atoms with Crippen LogP contribution in [0, 0.1) is 6.92 Å². The molecule has 0 fully saturated rings. The monoisotopic (exact) mass is 299 g/mol. The minimum Gasteiger partial charge on any atom is -0.325 e. The van der Waals surface area contributed by atoms with Crippen LogP contribution < -0.4 is 5.32 Å². The third-order valence-corrected chi connectivity index (χ3v) is 4.73. The molecule has 1 aromatic carbocycles. The van der Waals surface area contributed by atoms with Crippen LogP contribution in [0.15, 0.2) is 35.5 Å². The Morgan fingerprint density at radius 1 is 1.29 bits per heavy atom. The number of carbonyl (C=O) groups excluding carboxylic acids is 1. The number of fused-ring (bicyclic) bond motifs is 1. The third kappa shape index (κ3) is 1.96. The number of rotatable bonds is 1. The van der Waals surface area contributed by atoms with Gasteiger partial charge in [-0.15, -0.1) is 11.8 Å². The number of hydrogen-bond donors (Lipinski definition) is 1. The lowest BCUT2D eigenvalue weighted by molar-refractivity contribution is -0.113. The molecule has 1 aromatic heterocycles.